The Hall–Kier alpha value is -2.73. The molecule has 0 spiro atoms. The molecule has 184 valence electrons. The lowest BCUT2D eigenvalue weighted by molar-refractivity contribution is -0.143. The second kappa shape index (κ2) is 12.1. The van der Waals surface area contributed by atoms with E-state index >= 15 is 0 Å². The highest BCUT2D eigenvalue weighted by atomic mass is 16.5. The molecular weight excluding hydrogens is 426 g/mol. The number of hydrogen-bond donors (Lipinski definition) is 0. The summed E-state index contributed by atoms with van der Waals surface area (Å²) in [6.07, 6.45) is 8.79. The Labute approximate surface area is 203 Å². The maximum Gasteiger partial charge on any atom is 0.305 e. The smallest absolute Gasteiger partial charge is 0.305 e. The number of hydrogen-bond acceptors (Lipinski definition) is 5. The molecule has 3 rings (SSSR count). The molecule has 1 aromatic heterocycles. The van der Waals surface area contributed by atoms with E-state index in [-0.39, 0.29) is 17.6 Å². The molecular formula is C28H39N3O3. The van der Waals surface area contributed by atoms with Crippen LogP contribution in [0.2, 0.25) is 0 Å². The molecule has 0 saturated carbocycles. The molecule has 34 heavy (non-hydrogen) atoms. The van der Waals surface area contributed by atoms with Crippen LogP contribution in [-0.4, -0.2) is 45.7 Å². The highest BCUT2D eigenvalue weighted by molar-refractivity contribution is 5.74. The summed E-state index contributed by atoms with van der Waals surface area (Å²) in [6, 6.07) is 8.83. The molecule has 3 atom stereocenters. The largest absolute Gasteiger partial charge is 0.466 e. The van der Waals surface area contributed by atoms with Gasteiger partial charge in [-0.3, -0.25) is 14.5 Å². The molecule has 1 aliphatic heterocycles. The van der Waals surface area contributed by atoms with Gasteiger partial charge < -0.3 is 9.30 Å². The summed E-state index contributed by atoms with van der Waals surface area (Å²) in [5.41, 5.74) is 3.22. The standard InChI is InChI=1S/C28H39N3O3/c1-6-34-27(32)15-9-13-25-28(33)31(26-14-8-7-12-24(26)29-25)22(5)19-23-17-16-21(4)30(23)18-10-11-20(2)3/h7-8,10-12,14,21-23H,2,6,9,13,15-19H2,1,3-5H3/b11-10-. The van der Waals surface area contributed by atoms with Crippen molar-refractivity contribution in [3.63, 3.8) is 0 Å². The van der Waals surface area contributed by atoms with E-state index in [1.165, 1.54) is 6.42 Å². The number of nitrogens with zero attached hydrogens (tertiary/aromatic N) is 3. The SMILES string of the molecule is C=C(C)/C=C\CN1C(C)CCC1CC(C)n1c(=O)c(CCCC(=O)OCC)nc2ccccc21. The van der Waals surface area contributed by atoms with E-state index < -0.39 is 0 Å². The molecule has 0 N–H and O–H groups in total. The first-order chi connectivity index (χ1) is 16.3. The van der Waals surface area contributed by atoms with Crippen molar-refractivity contribution in [1.29, 1.82) is 0 Å². The molecule has 0 bridgehead atoms. The summed E-state index contributed by atoms with van der Waals surface area (Å²) >= 11 is 0. The Kier molecular flexibility index (Phi) is 9.22. The minimum Gasteiger partial charge on any atom is -0.466 e. The topological polar surface area (TPSA) is 64.4 Å². The van der Waals surface area contributed by atoms with Crippen molar-refractivity contribution < 1.29 is 9.53 Å². The van der Waals surface area contributed by atoms with Gasteiger partial charge in [0.1, 0.15) is 5.69 Å². The first kappa shape index (κ1) is 25.9. The lowest BCUT2D eigenvalue weighted by Gasteiger charge is -2.30. The minimum absolute atomic E-state index is 0.0344. The van der Waals surface area contributed by atoms with Crippen molar-refractivity contribution in [3.8, 4) is 0 Å². The van der Waals surface area contributed by atoms with Crippen LogP contribution in [0.15, 0.2) is 53.4 Å². The van der Waals surface area contributed by atoms with Crippen LogP contribution in [0, 0.1) is 0 Å². The monoisotopic (exact) mass is 465 g/mol. The first-order valence-corrected chi connectivity index (χ1v) is 12.5. The Bertz CT molecular complexity index is 1090. The molecule has 0 radical (unpaired) electrons. The third kappa shape index (κ3) is 6.44. The highest BCUT2D eigenvalue weighted by Crippen LogP contribution is 2.30. The van der Waals surface area contributed by atoms with E-state index in [0.717, 1.165) is 36.0 Å². The number of aryl methyl sites for hydroxylation is 1. The Morgan fingerprint density at radius 1 is 1.32 bits per heavy atom. The molecule has 0 amide bonds. The molecule has 3 unspecified atom stereocenters. The number of likely N-dealkylation sites (tertiary alicyclic amines) is 1. The summed E-state index contributed by atoms with van der Waals surface area (Å²) in [6.45, 7) is 13.5. The third-order valence-corrected chi connectivity index (χ3v) is 6.69. The zero-order valence-electron chi connectivity index (χ0n) is 21.1. The maximum atomic E-state index is 13.5. The van der Waals surface area contributed by atoms with Crippen LogP contribution < -0.4 is 5.56 Å². The van der Waals surface area contributed by atoms with Crippen LogP contribution in [0.4, 0.5) is 0 Å². The first-order valence-electron chi connectivity index (χ1n) is 12.5. The van der Waals surface area contributed by atoms with E-state index in [9.17, 15) is 9.59 Å². The second-order valence-corrected chi connectivity index (χ2v) is 9.49. The summed E-state index contributed by atoms with van der Waals surface area (Å²) in [5.74, 6) is -0.229. The lowest BCUT2D eigenvalue weighted by atomic mass is 10.0. The molecule has 6 nitrogen and oxygen atoms in total. The van der Waals surface area contributed by atoms with Crippen LogP contribution in [0.25, 0.3) is 11.0 Å². The van der Waals surface area contributed by atoms with Gasteiger partial charge in [0.25, 0.3) is 5.56 Å². The number of esters is 1. The molecule has 1 fully saturated rings. The van der Waals surface area contributed by atoms with E-state index in [1.807, 2.05) is 35.8 Å². The van der Waals surface area contributed by atoms with Crippen molar-refractivity contribution >= 4 is 17.0 Å². The van der Waals surface area contributed by atoms with Crippen molar-refractivity contribution in [2.45, 2.75) is 84.3 Å². The fraction of sp³-hybridized carbons (Fsp3) is 0.536. The summed E-state index contributed by atoms with van der Waals surface area (Å²) < 4.78 is 6.94. The summed E-state index contributed by atoms with van der Waals surface area (Å²) in [5, 5.41) is 0. The van der Waals surface area contributed by atoms with Gasteiger partial charge >= 0.3 is 5.97 Å². The number of aromatic nitrogens is 2. The van der Waals surface area contributed by atoms with Crippen LogP contribution in [-0.2, 0) is 16.0 Å². The minimum atomic E-state index is -0.229. The van der Waals surface area contributed by atoms with Crippen molar-refractivity contribution in [3.05, 3.63) is 64.6 Å². The number of ether oxygens (including phenoxy) is 1. The van der Waals surface area contributed by atoms with Crippen molar-refractivity contribution in [2.24, 2.45) is 0 Å². The van der Waals surface area contributed by atoms with Crippen LogP contribution in [0.5, 0.6) is 0 Å². The Morgan fingerprint density at radius 2 is 2.09 bits per heavy atom. The quantitative estimate of drug-likeness (QED) is 0.336. The molecule has 6 heteroatoms. The van der Waals surface area contributed by atoms with E-state index in [1.54, 1.807) is 6.92 Å². The number of carbonyl (C=O) groups excluding carboxylic acids is 1. The number of benzene rings is 1. The maximum absolute atomic E-state index is 13.5. The van der Waals surface area contributed by atoms with Crippen molar-refractivity contribution in [2.75, 3.05) is 13.2 Å². The predicted molar refractivity (Wildman–Crippen MR) is 138 cm³/mol. The van der Waals surface area contributed by atoms with Gasteiger partial charge in [0.05, 0.1) is 17.6 Å². The van der Waals surface area contributed by atoms with Gasteiger partial charge in [-0.2, -0.15) is 0 Å². The van der Waals surface area contributed by atoms with Crippen LogP contribution >= 0.6 is 0 Å². The van der Waals surface area contributed by atoms with Gasteiger partial charge in [0, 0.05) is 31.1 Å². The third-order valence-electron chi connectivity index (χ3n) is 6.69. The Balaban J connectivity index is 1.83. The average Bonchev–Trinajstić information content (AvgIpc) is 3.13. The average molecular weight is 466 g/mol. The number of fused-ring (bicyclic) bond motifs is 1. The van der Waals surface area contributed by atoms with Gasteiger partial charge in [-0.15, -0.1) is 0 Å². The van der Waals surface area contributed by atoms with E-state index in [0.29, 0.717) is 43.6 Å². The molecule has 1 aliphatic rings. The molecule has 1 aromatic carbocycles. The predicted octanol–water partition coefficient (Wildman–Crippen LogP) is 5.22. The van der Waals surface area contributed by atoms with Crippen LogP contribution in [0.1, 0.15) is 71.5 Å². The molecule has 1 saturated heterocycles. The Morgan fingerprint density at radius 3 is 2.82 bits per heavy atom. The van der Waals surface area contributed by atoms with Gasteiger partial charge in [-0.05, 0) is 71.9 Å². The number of rotatable bonds is 11. The molecule has 2 aromatic rings. The molecule has 0 aliphatic carbocycles. The number of para-hydroxylation sites is 2. The number of carbonyl (C=O) groups is 1. The fourth-order valence-electron chi connectivity index (χ4n) is 5.02. The van der Waals surface area contributed by atoms with Crippen LogP contribution in [0.3, 0.4) is 0 Å². The van der Waals surface area contributed by atoms with E-state index in [4.69, 9.17) is 4.74 Å². The lowest BCUT2D eigenvalue weighted by Crippen LogP contribution is -2.37. The normalized spacial score (nSPS) is 19.6. The van der Waals surface area contributed by atoms with Gasteiger partial charge in [-0.25, -0.2) is 4.98 Å². The molecule has 2 heterocycles. The van der Waals surface area contributed by atoms with Gasteiger partial charge in [0.2, 0.25) is 0 Å². The fourth-order valence-corrected chi connectivity index (χ4v) is 5.02. The van der Waals surface area contributed by atoms with Gasteiger partial charge in [0.15, 0.2) is 0 Å². The summed E-state index contributed by atoms with van der Waals surface area (Å²) in [4.78, 5) is 32.5. The second-order valence-electron chi connectivity index (χ2n) is 9.49. The zero-order valence-corrected chi connectivity index (χ0v) is 21.1. The van der Waals surface area contributed by atoms with Crippen molar-refractivity contribution in [1.82, 2.24) is 14.5 Å². The number of allylic oxidation sites excluding steroid dienone is 2. The summed E-state index contributed by atoms with van der Waals surface area (Å²) in [7, 11) is 0. The zero-order chi connectivity index (χ0) is 24.7. The highest BCUT2D eigenvalue weighted by Gasteiger charge is 2.31. The van der Waals surface area contributed by atoms with E-state index in [2.05, 4.69) is 42.5 Å². The van der Waals surface area contributed by atoms with Gasteiger partial charge in [-0.1, -0.05) is 36.4 Å².